The summed E-state index contributed by atoms with van der Waals surface area (Å²) in [5.74, 6) is 0.739. The van der Waals surface area contributed by atoms with Crippen molar-refractivity contribution in [2.75, 3.05) is 56.1 Å². The summed E-state index contributed by atoms with van der Waals surface area (Å²) in [6, 6.07) is 15.7. The number of benzene rings is 2. The molecule has 2 aromatic carbocycles. The number of para-hydroxylation sites is 1. The second-order valence-electron chi connectivity index (χ2n) is 7.37. The fraction of sp³-hybridized carbons (Fsp3) is 0.348. The molecule has 2 aromatic rings. The fourth-order valence-electron chi connectivity index (χ4n) is 3.89. The molecule has 5 nitrogen and oxygen atoms in total. The smallest absolute Gasteiger partial charge is 0.194 e. The second-order valence-corrected chi connectivity index (χ2v) is 7.37. The average molecular weight is 394 g/mol. The van der Waals surface area contributed by atoms with Crippen LogP contribution in [0, 0.1) is 5.82 Å². The van der Waals surface area contributed by atoms with Crippen LogP contribution in [0.4, 0.5) is 15.8 Å². The topological polar surface area (TPSA) is 34.1 Å². The maximum Gasteiger partial charge on any atom is 0.194 e. The molecule has 0 radical (unpaired) electrons. The molecule has 152 valence electrons. The zero-order valence-electron chi connectivity index (χ0n) is 16.9. The van der Waals surface area contributed by atoms with Gasteiger partial charge in [-0.3, -0.25) is 4.99 Å². The Morgan fingerprint density at radius 2 is 1.62 bits per heavy atom. The number of aliphatic imine (C=N–C) groups is 1. The Morgan fingerprint density at radius 1 is 0.931 bits per heavy atom. The number of nitrogens with zero attached hydrogens (tertiary/aromatic N) is 4. The summed E-state index contributed by atoms with van der Waals surface area (Å²) in [6.45, 7) is 5.90. The summed E-state index contributed by atoms with van der Waals surface area (Å²) < 4.78 is 14.0. The third-order valence-electron chi connectivity index (χ3n) is 5.55. The Hall–Kier alpha value is -3.02. The molecule has 0 aromatic heterocycles. The van der Waals surface area contributed by atoms with Crippen LogP contribution in [0.3, 0.4) is 0 Å². The van der Waals surface area contributed by atoms with Crippen molar-refractivity contribution >= 4 is 17.3 Å². The van der Waals surface area contributed by atoms with Gasteiger partial charge in [-0.25, -0.2) is 4.39 Å². The zero-order valence-corrected chi connectivity index (χ0v) is 16.9. The number of halogens is 1. The van der Waals surface area contributed by atoms with E-state index in [4.69, 9.17) is 0 Å². The minimum absolute atomic E-state index is 0.156. The highest BCUT2D eigenvalue weighted by atomic mass is 19.1. The first-order valence-electron chi connectivity index (χ1n) is 10.2. The Kier molecular flexibility index (Phi) is 5.98. The van der Waals surface area contributed by atoms with Gasteiger partial charge in [-0.05, 0) is 29.8 Å². The number of nitrogens with one attached hydrogen (secondary N) is 1. The second kappa shape index (κ2) is 8.99. The monoisotopic (exact) mass is 393 g/mol. The molecule has 0 saturated carbocycles. The van der Waals surface area contributed by atoms with E-state index in [0.29, 0.717) is 5.69 Å². The molecule has 0 aliphatic carbocycles. The Balaban J connectivity index is 1.29. The third-order valence-corrected chi connectivity index (χ3v) is 5.55. The molecule has 1 fully saturated rings. The van der Waals surface area contributed by atoms with Crippen molar-refractivity contribution < 1.29 is 4.39 Å². The van der Waals surface area contributed by atoms with Crippen molar-refractivity contribution in [2.45, 2.75) is 6.54 Å². The highest BCUT2D eigenvalue weighted by Gasteiger charge is 2.21. The average Bonchev–Trinajstić information content (AvgIpc) is 3.30. The molecule has 0 atom stereocenters. The van der Waals surface area contributed by atoms with E-state index < -0.39 is 0 Å². The Labute approximate surface area is 172 Å². The lowest BCUT2D eigenvalue weighted by Crippen LogP contribution is -2.52. The van der Waals surface area contributed by atoms with Crippen LogP contribution >= 0.6 is 0 Å². The van der Waals surface area contributed by atoms with Crippen molar-refractivity contribution in [3.8, 4) is 0 Å². The maximum absolute atomic E-state index is 14.0. The molecule has 0 unspecified atom stereocenters. The van der Waals surface area contributed by atoms with E-state index in [1.807, 2.05) is 19.2 Å². The highest BCUT2D eigenvalue weighted by molar-refractivity contribution is 5.80. The van der Waals surface area contributed by atoms with E-state index in [2.05, 4.69) is 61.4 Å². The van der Waals surface area contributed by atoms with E-state index in [1.54, 1.807) is 6.07 Å². The lowest BCUT2D eigenvalue weighted by atomic mass is 10.2. The molecule has 0 spiro atoms. The molecule has 0 amide bonds. The summed E-state index contributed by atoms with van der Waals surface area (Å²) in [7, 11) is 1.81. The molecule has 1 N–H and O–H groups in total. The molecule has 29 heavy (non-hydrogen) atoms. The third kappa shape index (κ3) is 4.53. The number of hydrogen-bond donors (Lipinski definition) is 1. The van der Waals surface area contributed by atoms with Crippen LogP contribution in [0.25, 0.3) is 0 Å². The minimum atomic E-state index is -0.156. The number of guanidine groups is 1. The van der Waals surface area contributed by atoms with Gasteiger partial charge < -0.3 is 20.0 Å². The molecule has 2 heterocycles. The summed E-state index contributed by atoms with van der Waals surface area (Å²) in [5, 5.41) is 3.47. The van der Waals surface area contributed by atoms with Crippen LogP contribution in [0.2, 0.25) is 0 Å². The van der Waals surface area contributed by atoms with Crippen molar-refractivity contribution in [2.24, 2.45) is 4.99 Å². The van der Waals surface area contributed by atoms with E-state index in [1.165, 1.54) is 17.3 Å². The summed E-state index contributed by atoms with van der Waals surface area (Å²) >= 11 is 0. The molecule has 1 saturated heterocycles. The zero-order chi connectivity index (χ0) is 20.1. The number of piperazine rings is 1. The normalized spacial score (nSPS) is 17.2. The van der Waals surface area contributed by atoms with Gasteiger partial charge in [0.25, 0.3) is 0 Å². The van der Waals surface area contributed by atoms with Gasteiger partial charge in [0.15, 0.2) is 5.96 Å². The SMILES string of the molecule is CN=C(NCc1ccc(N2CC=CC2)cc1)N1CCN(c2ccccc2F)CC1. The van der Waals surface area contributed by atoms with Gasteiger partial charge in [0.2, 0.25) is 0 Å². The van der Waals surface area contributed by atoms with Crippen LogP contribution in [-0.4, -0.2) is 57.2 Å². The van der Waals surface area contributed by atoms with Gasteiger partial charge in [-0.2, -0.15) is 0 Å². The Bertz CT molecular complexity index is 861. The van der Waals surface area contributed by atoms with Gasteiger partial charge in [-0.1, -0.05) is 36.4 Å². The predicted molar refractivity (Wildman–Crippen MR) is 118 cm³/mol. The van der Waals surface area contributed by atoms with Crippen LogP contribution in [-0.2, 0) is 6.54 Å². The predicted octanol–water partition coefficient (Wildman–Crippen LogP) is 3.10. The van der Waals surface area contributed by atoms with Crippen LogP contribution < -0.4 is 15.1 Å². The van der Waals surface area contributed by atoms with Crippen molar-refractivity contribution in [1.29, 1.82) is 0 Å². The molecule has 0 bridgehead atoms. The first-order valence-corrected chi connectivity index (χ1v) is 10.2. The largest absolute Gasteiger partial charge is 0.366 e. The van der Waals surface area contributed by atoms with Gasteiger partial charge in [-0.15, -0.1) is 0 Å². The Morgan fingerprint density at radius 3 is 2.28 bits per heavy atom. The molecular formula is C23H28FN5. The van der Waals surface area contributed by atoms with E-state index >= 15 is 0 Å². The molecule has 6 heteroatoms. The first kappa shape index (κ1) is 19.3. The van der Waals surface area contributed by atoms with E-state index in [0.717, 1.165) is 51.8 Å². The van der Waals surface area contributed by atoms with E-state index in [-0.39, 0.29) is 5.82 Å². The van der Waals surface area contributed by atoms with Crippen LogP contribution in [0.15, 0.2) is 65.7 Å². The number of anilines is 2. The van der Waals surface area contributed by atoms with Crippen molar-refractivity contribution in [1.82, 2.24) is 10.2 Å². The van der Waals surface area contributed by atoms with Gasteiger partial charge in [0, 0.05) is 58.5 Å². The van der Waals surface area contributed by atoms with Crippen LogP contribution in [0.1, 0.15) is 5.56 Å². The molecule has 2 aliphatic heterocycles. The first-order chi connectivity index (χ1) is 14.2. The summed E-state index contributed by atoms with van der Waals surface area (Å²) in [4.78, 5) is 11.1. The van der Waals surface area contributed by atoms with E-state index in [9.17, 15) is 4.39 Å². The lowest BCUT2D eigenvalue weighted by molar-refractivity contribution is 0.370. The molecule has 2 aliphatic rings. The summed E-state index contributed by atoms with van der Waals surface area (Å²) in [6.07, 6.45) is 4.40. The minimum Gasteiger partial charge on any atom is -0.366 e. The lowest BCUT2D eigenvalue weighted by Gasteiger charge is -2.37. The quantitative estimate of drug-likeness (QED) is 0.492. The maximum atomic E-state index is 14.0. The number of hydrogen-bond acceptors (Lipinski definition) is 3. The van der Waals surface area contributed by atoms with Crippen molar-refractivity contribution in [3.05, 3.63) is 72.1 Å². The van der Waals surface area contributed by atoms with Crippen LogP contribution in [0.5, 0.6) is 0 Å². The van der Waals surface area contributed by atoms with Gasteiger partial charge >= 0.3 is 0 Å². The van der Waals surface area contributed by atoms with Gasteiger partial charge in [0.05, 0.1) is 5.69 Å². The standard InChI is InChI=1S/C23H28FN5/c1-25-23(26-18-19-8-10-20(11-9-19)27-12-4-5-13-27)29-16-14-28(15-17-29)22-7-3-2-6-21(22)24/h2-11H,12-18H2,1H3,(H,25,26). The summed E-state index contributed by atoms with van der Waals surface area (Å²) in [5.41, 5.74) is 3.17. The fourth-order valence-corrected chi connectivity index (χ4v) is 3.89. The molecular weight excluding hydrogens is 365 g/mol. The van der Waals surface area contributed by atoms with Crippen molar-refractivity contribution in [3.63, 3.8) is 0 Å². The highest BCUT2D eigenvalue weighted by Crippen LogP contribution is 2.20. The molecule has 4 rings (SSSR count). The number of rotatable bonds is 4. The van der Waals surface area contributed by atoms with Gasteiger partial charge in [0.1, 0.15) is 5.82 Å².